The summed E-state index contributed by atoms with van der Waals surface area (Å²) < 4.78 is 20.1. The maximum atomic E-state index is 14.2. The number of urea groups is 1. The molecule has 0 unspecified atom stereocenters. The van der Waals surface area contributed by atoms with Crippen molar-refractivity contribution in [3.63, 3.8) is 0 Å². The van der Waals surface area contributed by atoms with Crippen molar-refractivity contribution < 1.29 is 53.2 Å². The number of piperidine rings is 2. The predicted octanol–water partition coefficient (Wildman–Crippen LogP) is 6.16. The number of fused-ring (bicyclic) bond motifs is 5. The van der Waals surface area contributed by atoms with Crippen LogP contribution in [0.3, 0.4) is 0 Å². The fourth-order valence-corrected chi connectivity index (χ4v) is 14.2. The Balaban J connectivity index is 0.617. The van der Waals surface area contributed by atoms with Gasteiger partial charge >= 0.3 is 12.1 Å². The van der Waals surface area contributed by atoms with Gasteiger partial charge in [0, 0.05) is 110 Å². The molecule has 518 valence electrons. The Bertz CT molecular complexity index is 4540. The summed E-state index contributed by atoms with van der Waals surface area (Å²) in [5.74, 6) is 3.85. The average molecular weight is 1360 g/mol. The molecule has 5 aromatic carbocycles. The summed E-state index contributed by atoms with van der Waals surface area (Å²) in [5, 5.41) is 32.1. The summed E-state index contributed by atoms with van der Waals surface area (Å²) in [4.78, 5) is 116. The number of imide groups is 1. The average Bonchev–Trinajstić information content (AvgIpc) is 1.03. The van der Waals surface area contributed by atoms with E-state index < -0.39 is 79.2 Å². The van der Waals surface area contributed by atoms with Crippen LogP contribution in [0.4, 0.5) is 21.2 Å². The van der Waals surface area contributed by atoms with Crippen LogP contribution in [-0.2, 0) is 41.3 Å². The summed E-state index contributed by atoms with van der Waals surface area (Å²) in [6, 6.07) is 34.2. The quantitative estimate of drug-likeness (QED) is 0.0374. The number of aromatic nitrogens is 4. The second-order valence-electron chi connectivity index (χ2n) is 26.5. The minimum atomic E-state index is -1.64. The van der Waals surface area contributed by atoms with Crippen LogP contribution in [0.2, 0.25) is 0 Å². The Kier molecular flexibility index (Phi) is 19.6. The normalized spacial score (nSPS) is 17.6. The molecule has 3 aliphatic heterocycles. The number of likely N-dealkylation sites (tertiary alicyclic amines) is 1. The van der Waals surface area contributed by atoms with E-state index in [1.54, 1.807) is 36.0 Å². The van der Waals surface area contributed by atoms with E-state index in [0.717, 1.165) is 130 Å². The van der Waals surface area contributed by atoms with Crippen LogP contribution in [0.25, 0.3) is 44.1 Å². The molecule has 3 aromatic heterocycles. The first-order valence-corrected chi connectivity index (χ1v) is 33.8. The molecule has 7 amide bonds. The Hall–Kier alpha value is -10.5. The second-order valence-corrected chi connectivity index (χ2v) is 26.5. The lowest BCUT2D eigenvalue weighted by Crippen LogP contribution is -2.59. The van der Waals surface area contributed by atoms with E-state index >= 15 is 0 Å². The van der Waals surface area contributed by atoms with Crippen LogP contribution in [0.1, 0.15) is 92.3 Å². The Morgan fingerprint density at radius 3 is 2.22 bits per heavy atom. The highest BCUT2D eigenvalue weighted by atomic mass is 16.6. The van der Waals surface area contributed by atoms with Crippen molar-refractivity contribution in [2.24, 2.45) is 12.8 Å². The van der Waals surface area contributed by atoms with Crippen LogP contribution in [0.15, 0.2) is 139 Å². The first-order valence-electron chi connectivity index (χ1n) is 33.8. The number of carbonyl (C=O) groups excluding carboxylic acids is 6. The van der Waals surface area contributed by atoms with E-state index in [1.165, 1.54) is 19.1 Å². The highest BCUT2D eigenvalue weighted by molar-refractivity contribution is 6.07. The topological polar surface area (TPSA) is 312 Å². The van der Waals surface area contributed by atoms with Crippen LogP contribution in [0, 0.1) is 11.8 Å². The van der Waals surface area contributed by atoms with Gasteiger partial charge in [0.2, 0.25) is 29.6 Å². The zero-order chi connectivity index (χ0) is 70.0. The summed E-state index contributed by atoms with van der Waals surface area (Å²) in [6.07, 6.45) is 6.42. The van der Waals surface area contributed by atoms with Gasteiger partial charge in [-0.25, -0.2) is 24.5 Å². The van der Waals surface area contributed by atoms with Crippen LogP contribution >= 0.6 is 0 Å². The van der Waals surface area contributed by atoms with Crippen molar-refractivity contribution in [3.05, 3.63) is 172 Å². The number of rotatable bonds is 22. The van der Waals surface area contributed by atoms with Gasteiger partial charge in [0.1, 0.15) is 30.0 Å². The molecule has 3 saturated heterocycles. The molecule has 0 radical (unpaired) electrons. The fraction of sp³-hybridized carbons (Fsp3) is 0.373. The van der Waals surface area contributed by atoms with Crippen molar-refractivity contribution in [2.45, 2.75) is 99.8 Å². The number of carbonyl (C=O) groups is 6. The van der Waals surface area contributed by atoms with Gasteiger partial charge < -0.3 is 65.5 Å². The van der Waals surface area contributed by atoms with Crippen molar-refractivity contribution in [3.8, 4) is 39.8 Å². The number of pyridine rings is 1. The molecule has 8 aromatic rings. The van der Waals surface area contributed by atoms with Gasteiger partial charge in [0.25, 0.3) is 5.56 Å². The van der Waals surface area contributed by atoms with Gasteiger partial charge in [-0.2, -0.15) is 0 Å². The zero-order valence-corrected chi connectivity index (χ0v) is 56.2. The predicted molar refractivity (Wildman–Crippen MR) is 375 cm³/mol. The molecule has 2 aliphatic carbocycles. The number of anilines is 2. The number of hydrogen-bond donors (Lipinski definition) is 7. The molecule has 100 heavy (non-hydrogen) atoms. The number of nitrogens with two attached hydrogens (primary N) is 1. The number of likely N-dealkylation sites (N-methyl/N-ethyl adjacent to an activating group) is 1. The largest absolute Gasteiger partial charge is 0.495 e. The molecule has 4 fully saturated rings. The maximum absolute atomic E-state index is 14.2. The van der Waals surface area contributed by atoms with E-state index in [1.807, 2.05) is 103 Å². The maximum Gasteiger partial charge on any atom is 0.411 e. The lowest BCUT2D eigenvalue weighted by Gasteiger charge is -2.45. The van der Waals surface area contributed by atoms with Crippen LogP contribution in [0.5, 0.6) is 5.75 Å². The number of hydrogen-bond acceptors (Lipinski definition) is 17. The number of primary amides is 1. The standard InChI is InChI=1S/C75H81N13O12/c1-74(30-37-85(38-31-74)49-27-34-86(35-28-49)71-81-58-24-21-47(57-42-83(2)70(95)65-53(57)26-33-77-65)40-56(58)67(82-71)75(44-90,100-50-22-23-50)48-14-6-5-7-15-48)79-32-12-13-46-20-25-62(98-4)60(39-46)87-36-29-64(92)88(72(87)96)45-78-68(93)59(41-63(76)91)80-69(94)61(43-89)84(3)73(97)99-66-54-18-10-8-16-51(54)52-17-9-11-19-55(52)66/h5-11,14-21,24-26,33,39-40,42,49-50,59,61,66,77,79,89-90H,22-23,27-32,34-38,41,43-45H2,1-4H3,(H2,76,91)(H,78,93)(H,80,94)/t59-,61-,75-/m0/s1. The summed E-state index contributed by atoms with van der Waals surface area (Å²) in [5.41, 5.74) is 12.5. The molecule has 1 saturated carbocycles. The van der Waals surface area contributed by atoms with Gasteiger partial charge in [-0.3, -0.25) is 33.8 Å². The molecular weight excluding hydrogens is 1270 g/mol. The van der Waals surface area contributed by atoms with Crippen molar-refractivity contribution >= 4 is 69.2 Å². The zero-order valence-electron chi connectivity index (χ0n) is 56.2. The number of aromatic amines is 1. The molecule has 3 atom stereocenters. The highest BCUT2D eigenvalue weighted by Crippen LogP contribution is 2.47. The Morgan fingerprint density at radius 1 is 0.830 bits per heavy atom. The number of aryl methyl sites for hydroxylation is 1. The molecular formula is C75H81N13O12. The number of amides is 7. The van der Waals surface area contributed by atoms with E-state index in [9.17, 15) is 43.8 Å². The molecule has 25 nitrogen and oxygen atoms in total. The van der Waals surface area contributed by atoms with Crippen molar-refractivity contribution in [1.82, 2.24) is 50.2 Å². The van der Waals surface area contributed by atoms with E-state index in [-0.39, 0.29) is 36.8 Å². The third-order valence-corrected chi connectivity index (χ3v) is 20.1. The van der Waals surface area contributed by atoms with Gasteiger partial charge in [-0.15, -0.1) is 0 Å². The molecule has 8 N–H and O–H groups in total. The lowest BCUT2D eigenvalue weighted by atomic mass is 9.87. The number of aliphatic hydroxyl groups is 2. The number of benzene rings is 5. The molecule has 6 heterocycles. The summed E-state index contributed by atoms with van der Waals surface area (Å²) in [7, 11) is 4.45. The molecule has 25 heteroatoms. The third kappa shape index (κ3) is 13.7. The molecule has 0 spiro atoms. The summed E-state index contributed by atoms with van der Waals surface area (Å²) in [6.45, 7) is 4.00. The minimum absolute atomic E-state index is 0.0114. The SMILES string of the molecule is COc1ccc(C#CCNC2(C)CCN(C3CCN(c4nc([C@@](CO)(OC5CC5)c5ccccc5)c5cc(-c6cn(C)c(=O)c7[nH]ccc67)ccc5n4)CC3)CC2)cc1N1CCC(=O)N(CNC(=O)[C@H](CC(N)=O)NC(=O)[C@H](CO)N(C)C(=O)OC2c3ccccc3-c3ccccc32)C1=O. The molecule has 5 aliphatic rings. The van der Waals surface area contributed by atoms with E-state index in [0.29, 0.717) is 46.7 Å². The first-order chi connectivity index (χ1) is 48.4. The minimum Gasteiger partial charge on any atom is -0.495 e. The monoisotopic (exact) mass is 1360 g/mol. The number of methoxy groups -OCH3 is 1. The van der Waals surface area contributed by atoms with Gasteiger partial charge in [0.05, 0.1) is 56.3 Å². The Morgan fingerprint density at radius 2 is 1.54 bits per heavy atom. The third-order valence-electron chi connectivity index (χ3n) is 20.1. The van der Waals surface area contributed by atoms with E-state index in [4.69, 9.17) is 29.9 Å². The fourth-order valence-electron chi connectivity index (χ4n) is 14.2. The van der Waals surface area contributed by atoms with Gasteiger partial charge in [-0.05, 0) is 104 Å². The molecule has 13 rings (SSSR count). The van der Waals surface area contributed by atoms with Crippen LogP contribution < -0.4 is 41.8 Å². The van der Waals surface area contributed by atoms with Crippen molar-refractivity contribution in [2.75, 3.05) is 83.1 Å². The number of ether oxygens (including phenoxy) is 3. The Labute approximate surface area is 577 Å². The first kappa shape index (κ1) is 68.1. The number of H-pyrrole nitrogens is 1. The van der Waals surface area contributed by atoms with Gasteiger partial charge in [0.15, 0.2) is 11.7 Å². The lowest BCUT2D eigenvalue weighted by molar-refractivity contribution is -0.135. The second kappa shape index (κ2) is 28.8. The highest BCUT2D eigenvalue weighted by Gasteiger charge is 2.45. The van der Waals surface area contributed by atoms with E-state index in [2.05, 4.69) is 55.6 Å². The van der Waals surface area contributed by atoms with Crippen LogP contribution in [-0.4, -0.2) is 183 Å². The number of aliphatic hydroxyl groups excluding tert-OH is 2. The smallest absolute Gasteiger partial charge is 0.411 e. The molecule has 0 bridgehead atoms. The number of nitrogens with one attached hydrogen (secondary N) is 4. The van der Waals surface area contributed by atoms with Crippen molar-refractivity contribution in [1.29, 1.82) is 0 Å². The summed E-state index contributed by atoms with van der Waals surface area (Å²) >= 11 is 0. The van der Waals surface area contributed by atoms with Gasteiger partial charge in [-0.1, -0.05) is 96.8 Å². The number of nitrogens with zero attached hydrogens (tertiary/aromatic N) is 8.